The van der Waals surface area contributed by atoms with Crippen LogP contribution in [0.4, 0.5) is 5.69 Å². The summed E-state index contributed by atoms with van der Waals surface area (Å²) in [5.74, 6) is -0.0644. The van der Waals surface area contributed by atoms with Gasteiger partial charge in [-0.25, -0.2) is 0 Å². The van der Waals surface area contributed by atoms with Crippen molar-refractivity contribution in [3.05, 3.63) is 42.0 Å². The third kappa shape index (κ3) is 2.37. The summed E-state index contributed by atoms with van der Waals surface area (Å²) < 4.78 is 0. The van der Waals surface area contributed by atoms with Gasteiger partial charge in [0.05, 0.1) is 5.56 Å². The lowest BCUT2D eigenvalue weighted by atomic mass is 10.1. The maximum atomic E-state index is 12.0. The van der Waals surface area contributed by atoms with Crippen molar-refractivity contribution < 1.29 is 4.79 Å². The van der Waals surface area contributed by atoms with E-state index < -0.39 is 0 Å². The first-order valence-corrected chi connectivity index (χ1v) is 4.79. The average Bonchev–Trinajstić information content (AvgIpc) is 2.17. The van der Waals surface area contributed by atoms with Gasteiger partial charge in [-0.2, -0.15) is 0 Å². The van der Waals surface area contributed by atoms with Gasteiger partial charge in [0.1, 0.15) is 0 Å². The number of aryl methyl sites for hydroxylation is 1. The maximum Gasteiger partial charge on any atom is 0.256 e. The molecule has 0 aliphatic rings. The summed E-state index contributed by atoms with van der Waals surface area (Å²) in [6.45, 7) is 6.00. The van der Waals surface area contributed by atoms with Gasteiger partial charge >= 0.3 is 0 Å². The van der Waals surface area contributed by atoms with Gasteiger partial charge in [-0.05, 0) is 18.6 Å². The van der Waals surface area contributed by atoms with Crippen LogP contribution in [0, 0.1) is 6.92 Å². The highest BCUT2D eigenvalue weighted by Crippen LogP contribution is 2.17. The molecule has 0 bridgehead atoms. The van der Waals surface area contributed by atoms with Gasteiger partial charge in [0.25, 0.3) is 5.91 Å². The zero-order valence-electron chi connectivity index (χ0n) is 9.16. The van der Waals surface area contributed by atoms with Crippen LogP contribution in [0.2, 0.25) is 0 Å². The molecule has 1 aromatic rings. The molecule has 3 heteroatoms. The van der Waals surface area contributed by atoms with E-state index in [2.05, 4.69) is 6.58 Å². The second kappa shape index (κ2) is 4.64. The van der Waals surface area contributed by atoms with E-state index in [1.165, 1.54) is 0 Å². The lowest BCUT2D eigenvalue weighted by Gasteiger charge is -2.17. The standard InChI is InChI=1S/C12H16N2O/c1-4-8-14(3)12(15)11-9(2)6-5-7-10(11)13/h4-7H,1,8,13H2,2-3H3. The zero-order valence-corrected chi connectivity index (χ0v) is 9.16. The molecule has 1 amide bonds. The number of rotatable bonds is 3. The van der Waals surface area contributed by atoms with Crippen LogP contribution in [0.3, 0.4) is 0 Å². The predicted octanol–water partition coefficient (Wildman–Crippen LogP) is 1.84. The van der Waals surface area contributed by atoms with Gasteiger partial charge in [0, 0.05) is 19.3 Å². The number of benzene rings is 1. The van der Waals surface area contributed by atoms with E-state index in [0.717, 1.165) is 5.56 Å². The molecule has 0 aromatic heterocycles. The van der Waals surface area contributed by atoms with E-state index in [4.69, 9.17) is 5.73 Å². The normalized spacial score (nSPS) is 9.73. The van der Waals surface area contributed by atoms with Crippen LogP contribution in [0.5, 0.6) is 0 Å². The quantitative estimate of drug-likeness (QED) is 0.603. The van der Waals surface area contributed by atoms with Crippen molar-refractivity contribution in [2.24, 2.45) is 0 Å². The fourth-order valence-corrected chi connectivity index (χ4v) is 1.45. The molecule has 2 N–H and O–H groups in total. The molecular formula is C12H16N2O. The van der Waals surface area contributed by atoms with Crippen LogP contribution in [-0.2, 0) is 0 Å². The molecule has 0 aliphatic carbocycles. The van der Waals surface area contributed by atoms with Crippen LogP contribution >= 0.6 is 0 Å². The number of nitrogens with zero attached hydrogens (tertiary/aromatic N) is 1. The number of nitrogen functional groups attached to an aromatic ring is 1. The van der Waals surface area contributed by atoms with Crippen molar-refractivity contribution in [1.82, 2.24) is 4.90 Å². The second-order valence-corrected chi connectivity index (χ2v) is 3.51. The van der Waals surface area contributed by atoms with E-state index in [9.17, 15) is 4.79 Å². The van der Waals surface area contributed by atoms with E-state index in [-0.39, 0.29) is 5.91 Å². The summed E-state index contributed by atoms with van der Waals surface area (Å²) in [4.78, 5) is 13.6. The van der Waals surface area contributed by atoms with Crippen molar-refractivity contribution >= 4 is 11.6 Å². The minimum absolute atomic E-state index is 0.0644. The molecule has 0 saturated carbocycles. The SMILES string of the molecule is C=CCN(C)C(=O)c1c(C)cccc1N. The van der Waals surface area contributed by atoms with Gasteiger partial charge < -0.3 is 10.6 Å². The molecular weight excluding hydrogens is 188 g/mol. The Balaban J connectivity index is 3.05. The molecule has 0 aliphatic heterocycles. The second-order valence-electron chi connectivity index (χ2n) is 3.51. The number of carbonyl (C=O) groups is 1. The molecule has 80 valence electrons. The maximum absolute atomic E-state index is 12.0. The predicted molar refractivity (Wildman–Crippen MR) is 62.7 cm³/mol. The third-order valence-electron chi connectivity index (χ3n) is 2.27. The number of hydrogen-bond acceptors (Lipinski definition) is 2. The Morgan fingerprint density at radius 2 is 2.27 bits per heavy atom. The van der Waals surface area contributed by atoms with Gasteiger partial charge in [0.2, 0.25) is 0 Å². The molecule has 0 spiro atoms. The lowest BCUT2D eigenvalue weighted by molar-refractivity contribution is 0.0810. The summed E-state index contributed by atoms with van der Waals surface area (Å²) >= 11 is 0. The molecule has 1 aromatic carbocycles. The van der Waals surface area contributed by atoms with Crippen molar-refractivity contribution in [2.75, 3.05) is 19.3 Å². The van der Waals surface area contributed by atoms with Crippen LogP contribution in [-0.4, -0.2) is 24.4 Å². The minimum atomic E-state index is -0.0644. The lowest BCUT2D eigenvalue weighted by Crippen LogP contribution is -2.28. The molecule has 0 fully saturated rings. The highest BCUT2D eigenvalue weighted by atomic mass is 16.2. The van der Waals surface area contributed by atoms with Crippen LogP contribution in [0.15, 0.2) is 30.9 Å². The molecule has 3 nitrogen and oxygen atoms in total. The van der Waals surface area contributed by atoms with E-state index in [0.29, 0.717) is 17.8 Å². The van der Waals surface area contributed by atoms with Crippen LogP contribution in [0.25, 0.3) is 0 Å². The number of amides is 1. The first-order valence-electron chi connectivity index (χ1n) is 4.79. The Kier molecular flexibility index (Phi) is 3.50. The molecule has 15 heavy (non-hydrogen) atoms. The first-order chi connectivity index (χ1) is 7.07. The Morgan fingerprint density at radius 3 is 2.80 bits per heavy atom. The Bertz CT molecular complexity index is 365. The molecule has 0 saturated heterocycles. The minimum Gasteiger partial charge on any atom is -0.398 e. The van der Waals surface area contributed by atoms with Gasteiger partial charge in [-0.1, -0.05) is 18.2 Å². The van der Waals surface area contributed by atoms with E-state index in [1.54, 1.807) is 24.1 Å². The molecule has 0 atom stereocenters. The summed E-state index contributed by atoms with van der Waals surface area (Å²) in [6.07, 6.45) is 1.69. The van der Waals surface area contributed by atoms with Gasteiger partial charge in [-0.15, -0.1) is 6.58 Å². The smallest absolute Gasteiger partial charge is 0.256 e. The Labute approximate surface area is 90.2 Å². The Morgan fingerprint density at radius 1 is 1.60 bits per heavy atom. The highest BCUT2D eigenvalue weighted by Gasteiger charge is 2.15. The topological polar surface area (TPSA) is 46.3 Å². The van der Waals surface area contributed by atoms with Crippen molar-refractivity contribution in [3.63, 3.8) is 0 Å². The molecule has 0 radical (unpaired) electrons. The fourth-order valence-electron chi connectivity index (χ4n) is 1.45. The monoisotopic (exact) mass is 204 g/mol. The van der Waals surface area contributed by atoms with Crippen LogP contribution in [0.1, 0.15) is 15.9 Å². The van der Waals surface area contributed by atoms with E-state index in [1.807, 2.05) is 19.1 Å². The summed E-state index contributed by atoms with van der Waals surface area (Å²) in [5.41, 5.74) is 7.79. The molecule has 0 heterocycles. The molecule has 1 rings (SSSR count). The molecule has 0 unspecified atom stereocenters. The van der Waals surface area contributed by atoms with Gasteiger partial charge in [0.15, 0.2) is 0 Å². The summed E-state index contributed by atoms with van der Waals surface area (Å²) in [5, 5.41) is 0. The summed E-state index contributed by atoms with van der Waals surface area (Å²) in [6, 6.07) is 5.46. The number of likely N-dealkylation sites (N-methyl/N-ethyl adjacent to an activating group) is 1. The van der Waals surface area contributed by atoms with E-state index >= 15 is 0 Å². The largest absolute Gasteiger partial charge is 0.398 e. The van der Waals surface area contributed by atoms with Crippen molar-refractivity contribution in [1.29, 1.82) is 0 Å². The van der Waals surface area contributed by atoms with Crippen molar-refractivity contribution in [3.8, 4) is 0 Å². The number of carbonyl (C=O) groups excluding carboxylic acids is 1. The number of nitrogens with two attached hydrogens (primary N) is 1. The first kappa shape index (κ1) is 11.3. The highest BCUT2D eigenvalue weighted by molar-refractivity contribution is 6.00. The number of anilines is 1. The third-order valence-corrected chi connectivity index (χ3v) is 2.27. The Hall–Kier alpha value is -1.77. The van der Waals surface area contributed by atoms with Crippen LogP contribution < -0.4 is 5.73 Å². The average molecular weight is 204 g/mol. The zero-order chi connectivity index (χ0) is 11.4. The van der Waals surface area contributed by atoms with Gasteiger partial charge in [-0.3, -0.25) is 4.79 Å². The van der Waals surface area contributed by atoms with Crippen molar-refractivity contribution in [2.45, 2.75) is 6.92 Å². The fraction of sp³-hybridized carbons (Fsp3) is 0.250. The summed E-state index contributed by atoms with van der Waals surface area (Å²) in [7, 11) is 1.73. The number of hydrogen-bond donors (Lipinski definition) is 1.